The lowest BCUT2D eigenvalue weighted by molar-refractivity contribution is 0.0935. The molecule has 8 heteroatoms. The molecule has 1 atom stereocenters. The lowest BCUT2D eigenvalue weighted by atomic mass is 10.1. The molecule has 30 heavy (non-hydrogen) atoms. The molecule has 1 aliphatic heterocycles. The van der Waals surface area contributed by atoms with Crippen LogP contribution in [-0.2, 0) is 0 Å². The fourth-order valence-electron chi connectivity index (χ4n) is 4.05. The van der Waals surface area contributed by atoms with Gasteiger partial charge in [-0.25, -0.2) is 4.98 Å². The van der Waals surface area contributed by atoms with Crippen LogP contribution in [0.3, 0.4) is 0 Å². The number of nitrogens with zero attached hydrogens (tertiary/aromatic N) is 3. The SMILES string of the molecule is Cc1noc2nc(-c3cccs3)cc(C(=O)NCC(c3ccco3)N3CCCC3)c12. The van der Waals surface area contributed by atoms with E-state index in [0.29, 0.717) is 34.6 Å². The van der Waals surface area contributed by atoms with Crippen LogP contribution in [0.4, 0.5) is 0 Å². The quantitative estimate of drug-likeness (QED) is 0.495. The van der Waals surface area contributed by atoms with Crippen LogP contribution < -0.4 is 5.32 Å². The summed E-state index contributed by atoms with van der Waals surface area (Å²) in [6.07, 6.45) is 4.01. The van der Waals surface area contributed by atoms with E-state index in [1.54, 1.807) is 17.6 Å². The minimum Gasteiger partial charge on any atom is -0.468 e. The van der Waals surface area contributed by atoms with Crippen molar-refractivity contribution in [2.45, 2.75) is 25.8 Å². The number of pyridine rings is 1. The maximum Gasteiger partial charge on any atom is 0.259 e. The summed E-state index contributed by atoms with van der Waals surface area (Å²) in [4.78, 5) is 21.2. The normalized spacial score (nSPS) is 15.6. The van der Waals surface area contributed by atoms with Crippen molar-refractivity contribution in [3.63, 3.8) is 0 Å². The van der Waals surface area contributed by atoms with E-state index in [0.717, 1.165) is 23.7 Å². The predicted octanol–water partition coefficient (Wildman–Crippen LogP) is 4.42. The Balaban J connectivity index is 1.44. The zero-order valence-electron chi connectivity index (χ0n) is 16.6. The summed E-state index contributed by atoms with van der Waals surface area (Å²) in [7, 11) is 0. The van der Waals surface area contributed by atoms with Crippen molar-refractivity contribution in [1.29, 1.82) is 0 Å². The van der Waals surface area contributed by atoms with E-state index in [1.807, 2.05) is 42.6 Å². The number of fused-ring (bicyclic) bond motifs is 1. The number of hydrogen-bond acceptors (Lipinski definition) is 7. The molecule has 0 bridgehead atoms. The first-order chi connectivity index (χ1) is 14.7. The monoisotopic (exact) mass is 422 g/mol. The Morgan fingerprint density at radius 2 is 2.17 bits per heavy atom. The van der Waals surface area contributed by atoms with Gasteiger partial charge in [0.2, 0.25) is 0 Å². The standard InChI is InChI=1S/C22H22N4O3S/c1-14-20-15(12-16(19-7-5-11-30-19)24-22(20)29-25-14)21(27)23-13-17(18-6-4-10-28-18)26-8-2-3-9-26/h4-7,10-12,17H,2-3,8-9,13H2,1H3,(H,23,27). The largest absolute Gasteiger partial charge is 0.468 e. The summed E-state index contributed by atoms with van der Waals surface area (Å²) in [5, 5.41) is 9.77. The van der Waals surface area contributed by atoms with Crippen molar-refractivity contribution >= 4 is 28.3 Å². The third kappa shape index (κ3) is 3.53. The minimum atomic E-state index is -0.165. The highest BCUT2D eigenvalue weighted by molar-refractivity contribution is 7.13. The molecule has 5 rings (SSSR count). The van der Waals surface area contributed by atoms with Crippen LogP contribution in [0.2, 0.25) is 0 Å². The predicted molar refractivity (Wildman–Crippen MR) is 114 cm³/mol. The van der Waals surface area contributed by atoms with Gasteiger partial charge in [0.25, 0.3) is 11.6 Å². The Bertz CT molecular complexity index is 1140. The summed E-state index contributed by atoms with van der Waals surface area (Å²) in [5.41, 5.74) is 2.27. The smallest absolute Gasteiger partial charge is 0.259 e. The third-order valence-corrected chi connectivity index (χ3v) is 6.44. The van der Waals surface area contributed by atoms with Gasteiger partial charge in [0.1, 0.15) is 5.76 Å². The molecule has 0 spiro atoms. The van der Waals surface area contributed by atoms with Crippen LogP contribution in [0.5, 0.6) is 0 Å². The molecule has 0 aromatic carbocycles. The Kier molecular flexibility index (Phi) is 5.10. The van der Waals surface area contributed by atoms with E-state index in [4.69, 9.17) is 8.94 Å². The number of rotatable bonds is 6. The van der Waals surface area contributed by atoms with Crippen molar-refractivity contribution in [2.75, 3.05) is 19.6 Å². The Morgan fingerprint density at radius 3 is 2.90 bits per heavy atom. The number of carbonyl (C=O) groups is 1. The van der Waals surface area contributed by atoms with E-state index in [1.165, 1.54) is 12.8 Å². The lowest BCUT2D eigenvalue weighted by Crippen LogP contribution is -2.36. The second kappa shape index (κ2) is 8.04. The second-order valence-electron chi connectivity index (χ2n) is 7.46. The summed E-state index contributed by atoms with van der Waals surface area (Å²) >= 11 is 1.57. The average Bonchev–Trinajstić information content (AvgIpc) is 3.55. The van der Waals surface area contributed by atoms with Gasteiger partial charge in [0, 0.05) is 6.54 Å². The number of amides is 1. The van der Waals surface area contributed by atoms with Crippen LogP contribution in [0.15, 0.2) is 50.9 Å². The van der Waals surface area contributed by atoms with E-state index in [2.05, 4.69) is 20.4 Å². The fraction of sp³-hybridized carbons (Fsp3) is 0.318. The molecular weight excluding hydrogens is 400 g/mol. The minimum absolute atomic E-state index is 0.0177. The number of carbonyl (C=O) groups excluding carboxylic acids is 1. The highest BCUT2D eigenvalue weighted by Crippen LogP contribution is 2.30. The first-order valence-corrected chi connectivity index (χ1v) is 11.0. The summed E-state index contributed by atoms with van der Waals surface area (Å²) in [6, 6.07) is 9.64. The van der Waals surface area contributed by atoms with Gasteiger partial charge in [-0.2, -0.15) is 0 Å². The summed E-state index contributed by atoms with van der Waals surface area (Å²) < 4.78 is 11.0. The van der Waals surface area contributed by atoms with Gasteiger partial charge >= 0.3 is 0 Å². The number of aromatic nitrogens is 2. The maximum atomic E-state index is 13.3. The molecule has 1 saturated heterocycles. The first-order valence-electron chi connectivity index (χ1n) is 10.1. The highest BCUT2D eigenvalue weighted by atomic mass is 32.1. The number of likely N-dealkylation sites (tertiary alicyclic amines) is 1. The molecule has 5 heterocycles. The van der Waals surface area contributed by atoms with Crippen LogP contribution in [0, 0.1) is 6.92 Å². The Labute approximate surface area is 177 Å². The molecule has 1 fully saturated rings. The zero-order chi connectivity index (χ0) is 20.5. The van der Waals surface area contributed by atoms with Gasteiger partial charge in [-0.1, -0.05) is 11.2 Å². The van der Waals surface area contributed by atoms with Crippen LogP contribution in [0.25, 0.3) is 21.7 Å². The second-order valence-corrected chi connectivity index (χ2v) is 8.41. The lowest BCUT2D eigenvalue weighted by Gasteiger charge is -2.26. The highest BCUT2D eigenvalue weighted by Gasteiger charge is 2.27. The van der Waals surface area contributed by atoms with Gasteiger partial charge in [0.05, 0.1) is 39.5 Å². The van der Waals surface area contributed by atoms with Gasteiger partial charge in [-0.05, 0) is 62.5 Å². The van der Waals surface area contributed by atoms with Crippen molar-refractivity contribution < 1.29 is 13.7 Å². The Morgan fingerprint density at radius 1 is 1.30 bits per heavy atom. The molecule has 7 nitrogen and oxygen atoms in total. The van der Waals surface area contributed by atoms with Gasteiger partial charge < -0.3 is 14.3 Å². The summed E-state index contributed by atoms with van der Waals surface area (Å²) in [5.74, 6) is 0.708. The van der Waals surface area contributed by atoms with Gasteiger partial charge in [0.15, 0.2) is 0 Å². The van der Waals surface area contributed by atoms with Crippen molar-refractivity contribution in [3.05, 3.63) is 59.0 Å². The topological polar surface area (TPSA) is 84.4 Å². The van der Waals surface area contributed by atoms with Gasteiger partial charge in [-0.3, -0.25) is 9.69 Å². The van der Waals surface area contributed by atoms with Crippen molar-refractivity contribution in [2.24, 2.45) is 0 Å². The molecule has 4 aromatic rings. The van der Waals surface area contributed by atoms with E-state index in [9.17, 15) is 4.79 Å². The molecule has 154 valence electrons. The average molecular weight is 423 g/mol. The fourth-order valence-corrected chi connectivity index (χ4v) is 4.74. The number of thiophene rings is 1. The molecular formula is C22H22N4O3S. The van der Waals surface area contributed by atoms with Gasteiger partial charge in [-0.15, -0.1) is 11.3 Å². The van der Waals surface area contributed by atoms with Crippen molar-refractivity contribution in [3.8, 4) is 10.6 Å². The molecule has 0 radical (unpaired) electrons. The zero-order valence-corrected chi connectivity index (χ0v) is 17.4. The third-order valence-electron chi connectivity index (χ3n) is 5.54. The van der Waals surface area contributed by atoms with E-state index in [-0.39, 0.29) is 11.9 Å². The molecule has 1 unspecified atom stereocenters. The number of nitrogens with one attached hydrogen (secondary N) is 1. The molecule has 1 aliphatic rings. The number of aryl methyl sites for hydroxylation is 1. The molecule has 4 aromatic heterocycles. The molecule has 1 N–H and O–H groups in total. The Hall–Kier alpha value is -2.97. The van der Waals surface area contributed by atoms with Crippen LogP contribution in [0.1, 0.15) is 40.7 Å². The maximum absolute atomic E-state index is 13.3. The van der Waals surface area contributed by atoms with E-state index >= 15 is 0 Å². The van der Waals surface area contributed by atoms with Crippen molar-refractivity contribution in [1.82, 2.24) is 20.4 Å². The molecule has 0 saturated carbocycles. The van der Waals surface area contributed by atoms with Crippen LogP contribution in [-0.4, -0.2) is 40.6 Å². The molecule has 0 aliphatic carbocycles. The number of furan rings is 1. The molecule has 1 amide bonds. The van der Waals surface area contributed by atoms with Crippen LogP contribution >= 0.6 is 11.3 Å². The number of hydrogen-bond donors (Lipinski definition) is 1. The summed E-state index contributed by atoms with van der Waals surface area (Å²) in [6.45, 7) is 4.31. The van der Waals surface area contributed by atoms with E-state index < -0.39 is 0 Å². The first kappa shape index (κ1) is 19.0.